The number of hydrogen-bond donors (Lipinski definition) is 2. The lowest BCUT2D eigenvalue weighted by Gasteiger charge is -2.31. The normalized spacial score (nSPS) is 17.6. The predicted molar refractivity (Wildman–Crippen MR) is 111 cm³/mol. The van der Waals surface area contributed by atoms with Crippen LogP contribution in [0.15, 0.2) is 53.4 Å². The van der Waals surface area contributed by atoms with Gasteiger partial charge in [-0.25, -0.2) is 8.42 Å². The Hall–Kier alpha value is -2.71. The molecular weight excluding hydrogens is 390 g/mol. The molecule has 1 saturated heterocycles. The predicted octanol–water partition coefficient (Wildman–Crippen LogP) is 2.06. The van der Waals surface area contributed by atoms with Gasteiger partial charge in [0.25, 0.3) is 0 Å². The molecule has 2 amide bonds. The molecule has 1 heterocycles. The number of rotatable bonds is 6. The summed E-state index contributed by atoms with van der Waals surface area (Å²) in [6.07, 6.45) is 1.40. The Morgan fingerprint density at radius 2 is 1.76 bits per heavy atom. The van der Waals surface area contributed by atoms with Crippen molar-refractivity contribution in [3.63, 3.8) is 0 Å². The molecule has 1 aliphatic rings. The molecule has 8 heteroatoms. The largest absolute Gasteiger partial charge is 0.369 e. The van der Waals surface area contributed by atoms with Crippen molar-refractivity contribution in [2.45, 2.75) is 31.1 Å². The zero-order valence-electron chi connectivity index (χ0n) is 16.3. The number of piperidine rings is 1. The van der Waals surface area contributed by atoms with E-state index in [2.05, 4.69) is 5.32 Å². The highest BCUT2D eigenvalue weighted by molar-refractivity contribution is 7.89. The number of carbonyl (C=O) groups is 2. The van der Waals surface area contributed by atoms with E-state index in [0.29, 0.717) is 25.1 Å². The molecule has 0 bridgehead atoms. The van der Waals surface area contributed by atoms with Gasteiger partial charge in [-0.1, -0.05) is 29.8 Å². The summed E-state index contributed by atoms with van der Waals surface area (Å²) in [5, 5.41) is 2.83. The van der Waals surface area contributed by atoms with Crippen LogP contribution in [0.4, 0.5) is 5.69 Å². The van der Waals surface area contributed by atoms with Gasteiger partial charge < -0.3 is 11.1 Å². The second kappa shape index (κ2) is 8.75. The number of nitrogens with two attached hydrogens (primary N) is 1. The molecule has 1 atom stereocenters. The van der Waals surface area contributed by atoms with Crippen LogP contribution >= 0.6 is 0 Å². The minimum atomic E-state index is -3.63. The second-order valence-electron chi connectivity index (χ2n) is 7.34. The van der Waals surface area contributed by atoms with E-state index in [4.69, 9.17) is 5.73 Å². The molecule has 3 rings (SSSR count). The third-order valence-corrected chi connectivity index (χ3v) is 6.89. The van der Waals surface area contributed by atoms with Crippen molar-refractivity contribution in [2.24, 2.45) is 11.7 Å². The van der Waals surface area contributed by atoms with E-state index in [-0.39, 0.29) is 23.8 Å². The number of aryl methyl sites for hydroxylation is 1. The Morgan fingerprint density at radius 1 is 1.10 bits per heavy atom. The fraction of sp³-hybridized carbons (Fsp3) is 0.333. The summed E-state index contributed by atoms with van der Waals surface area (Å²) in [6.45, 7) is 2.46. The van der Waals surface area contributed by atoms with Crippen LogP contribution in [0.1, 0.15) is 24.0 Å². The van der Waals surface area contributed by atoms with Crippen molar-refractivity contribution in [3.8, 4) is 0 Å². The highest BCUT2D eigenvalue weighted by Gasteiger charge is 2.33. The van der Waals surface area contributed by atoms with E-state index in [1.54, 1.807) is 48.5 Å². The molecule has 7 nitrogen and oxygen atoms in total. The van der Waals surface area contributed by atoms with Gasteiger partial charge >= 0.3 is 0 Å². The summed E-state index contributed by atoms with van der Waals surface area (Å²) in [5.74, 6) is -1.05. The first-order valence-electron chi connectivity index (χ1n) is 9.50. The topological polar surface area (TPSA) is 110 Å². The van der Waals surface area contributed by atoms with E-state index >= 15 is 0 Å². The van der Waals surface area contributed by atoms with Crippen molar-refractivity contribution >= 4 is 27.5 Å². The quantitative estimate of drug-likeness (QED) is 0.752. The van der Waals surface area contributed by atoms with Gasteiger partial charge in [-0.05, 0) is 49.6 Å². The summed E-state index contributed by atoms with van der Waals surface area (Å²) in [4.78, 5) is 23.9. The van der Waals surface area contributed by atoms with Crippen LogP contribution in [-0.2, 0) is 26.0 Å². The Kier molecular flexibility index (Phi) is 6.34. The van der Waals surface area contributed by atoms with Crippen molar-refractivity contribution in [2.75, 3.05) is 18.4 Å². The molecule has 1 unspecified atom stereocenters. The summed E-state index contributed by atoms with van der Waals surface area (Å²) < 4.78 is 27.2. The summed E-state index contributed by atoms with van der Waals surface area (Å²) in [5.41, 5.74) is 7.53. The number of nitrogens with one attached hydrogen (secondary N) is 1. The van der Waals surface area contributed by atoms with Crippen molar-refractivity contribution < 1.29 is 18.0 Å². The summed E-state index contributed by atoms with van der Waals surface area (Å²) in [7, 11) is -3.63. The maximum atomic E-state index is 12.9. The van der Waals surface area contributed by atoms with Gasteiger partial charge in [-0.2, -0.15) is 4.31 Å². The lowest BCUT2D eigenvalue weighted by Crippen LogP contribution is -2.43. The van der Waals surface area contributed by atoms with E-state index in [9.17, 15) is 18.0 Å². The van der Waals surface area contributed by atoms with E-state index in [1.165, 1.54) is 4.31 Å². The van der Waals surface area contributed by atoms with Crippen LogP contribution in [0, 0.1) is 12.8 Å². The van der Waals surface area contributed by atoms with Gasteiger partial charge in [0.05, 0.1) is 17.2 Å². The third-order valence-electron chi connectivity index (χ3n) is 5.01. The van der Waals surface area contributed by atoms with Gasteiger partial charge in [-0.15, -0.1) is 0 Å². The molecule has 1 fully saturated rings. The monoisotopic (exact) mass is 415 g/mol. The van der Waals surface area contributed by atoms with Gasteiger partial charge in [0.2, 0.25) is 21.8 Å². The minimum absolute atomic E-state index is 0.142. The van der Waals surface area contributed by atoms with Crippen molar-refractivity contribution in [1.29, 1.82) is 0 Å². The zero-order chi connectivity index (χ0) is 21.0. The smallest absolute Gasteiger partial charge is 0.243 e. The average molecular weight is 416 g/mol. The lowest BCUT2D eigenvalue weighted by molar-refractivity contribution is -0.121. The van der Waals surface area contributed by atoms with E-state index in [1.807, 2.05) is 6.92 Å². The Bertz CT molecular complexity index is 986. The van der Waals surface area contributed by atoms with Crippen LogP contribution in [0.2, 0.25) is 0 Å². The van der Waals surface area contributed by atoms with Crippen LogP contribution in [0.25, 0.3) is 0 Å². The second-order valence-corrected chi connectivity index (χ2v) is 9.28. The molecule has 2 aromatic carbocycles. The first-order chi connectivity index (χ1) is 13.8. The van der Waals surface area contributed by atoms with Gasteiger partial charge in [0, 0.05) is 18.8 Å². The molecule has 0 aliphatic carbocycles. The fourth-order valence-electron chi connectivity index (χ4n) is 3.39. The number of carbonyl (C=O) groups excluding carboxylic acids is 2. The first-order valence-corrected chi connectivity index (χ1v) is 10.9. The average Bonchev–Trinajstić information content (AvgIpc) is 2.69. The highest BCUT2D eigenvalue weighted by Crippen LogP contribution is 2.25. The standard InChI is InChI=1S/C21H25N3O4S/c1-15-4-10-19(11-5-15)29(27,28)24-12-2-3-17(14-24)21(26)23-18-8-6-16(7-9-18)13-20(22)25/h4-11,17H,2-3,12-14H2,1H3,(H2,22,25)(H,23,26). The molecule has 1 aliphatic heterocycles. The minimum Gasteiger partial charge on any atom is -0.369 e. The van der Waals surface area contributed by atoms with Crippen molar-refractivity contribution in [1.82, 2.24) is 4.31 Å². The molecule has 2 aromatic rings. The number of primary amides is 1. The first kappa shape index (κ1) is 21.0. The molecular formula is C21H25N3O4S. The lowest BCUT2D eigenvalue weighted by atomic mass is 9.98. The van der Waals surface area contributed by atoms with Crippen LogP contribution in [-0.4, -0.2) is 37.6 Å². The van der Waals surface area contributed by atoms with Crippen LogP contribution in [0.3, 0.4) is 0 Å². The summed E-state index contributed by atoms with van der Waals surface area (Å²) >= 11 is 0. The number of nitrogens with zero attached hydrogens (tertiary/aromatic N) is 1. The summed E-state index contributed by atoms with van der Waals surface area (Å²) in [6, 6.07) is 13.6. The maximum Gasteiger partial charge on any atom is 0.243 e. The van der Waals surface area contributed by atoms with Gasteiger partial charge in [-0.3, -0.25) is 9.59 Å². The molecule has 29 heavy (non-hydrogen) atoms. The van der Waals surface area contributed by atoms with Crippen LogP contribution in [0.5, 0.6) is 0 Å². The van der Waals surface area contributed by atoms with Gasteiger partial charge in [0.15, 0.2) is 0 Å². The Labute approximate surface area is 171 Å². The maximum absolute atomic E-state index is 12.9. The fourth-order valence-corrected chi connectivity index (χ4v) is 4.91. The third kappa shape index (κ3) is 5.21. The van der Waals surface area contributed by atoms with Crippen molar-refractivity contribution in [3.05, 3.63) is 59.7 Å². The number of benzene rings is 2. The molecule has 154 valence electrons. The van der Waals surface area contributed by atoms with Crippen LogP contribution < -0.4 is 11.1 Å². The van der Waals surface area contributed by atoms with Gasteiger partial charge in [0.1, 0.15) is 0 Å². The van der Waals surface area contributed by atoms with E-state index < -0.39 is 21.8 Å². The zero-order valence-corrected chi connectivity index (χ0v) is 17.1. The number of hydrogen-bond acceptors (Lipinski definition) is 4. The number of anilines is 1. The molecule has 3 N–H and O–H groups in total. The Morgan fingerprint density at radius 3 is 2.38 bits per heavy atom. The molecule has 0 saturated carbocycles. The Balaban J connectivity index is 1.66. The SMILES string of the molecule is Cc1ccc(S(=O)(=O)N2CCCC(C(=O)Nc3ccc(CC(N)=O)cc3)C2)cc1. The molecule has 0 radical (unpaired) electrons. The highest BCUT2D eigenvalue weighted by atomic mass is 32.2. The number of amides is 2. The van der Waals surface area contributed by atoms with E-state index in [0.717, 1.165) is 11.1 Å². The molecule has 0 aromatic heterocycles. The molecule has 0 spiro atoms. The number of sulfonamides is 1.